The van der Waals surface area contributed by atoms with Gasteiger partial charge in [-0.05, 0) is 16.7 Å². The van der Waals surface area contributed by atoms with Crippen molar-refractivity contribution in [2.75, 3.05) is 0 Å². The summed E-state index contributed by atoms with van der Waals surface area (Å²) in [6.07, 6.45) is 0. The summed E-state index contributed by atoms with van der Waals surface area (Å²) < 4.78 is 0. The smallest absolute Gasteiger partial charge is 0.0244 e. The summed E-state index contributed by atoms with van der Waals surface area (Å²) in [4.78, 5) is 2.49. The Labute approximate surface area is 96.3 Å². The van der Waals surface area contributed by atoms with Crippen LogP contribution in [0.25, 0.3) is 0 Å². The van der Waals surface area contributed by atoms with E-state index in [4.69, 9.17) is 0 Å². The van der Waals surface area contributed by atoms with Crippen LogP contribution in [0.2, 0.25) is 0 Å². The maximum Gasteiger partial charge on any atom is 0.0244 e. The average Bonchev–Trinajstić information content (AvgIpc) is 2.72. The lowest BCUT2D eigenvalue weighted by atomic mass is 10.1. The molecule has 80 valence electrons. The number of nitrogens with zero attached hydrogens (tertiary/aromatic N) is 1. The van der Waals surface area contributed by atoms with E-state index in [1.165, 1.54) is 16.7 Å². The predicted octanol–water partition coefficient (Wildman–Crippen LogP) is 3.20. The lowest BCUT2D eigenvalue weighted by Gasteiger charge is -2.14. The van der Waals surface area contributed by atoms with E-state index in [1.54, 1.807) is 0 Å². The largest absolute Gasteiger partial charge is 0.291 e. The summed E-state index contributed by atoms with van der Waals surface area (Å²) in [7, 11) is 0. The first kappa shape index (κ1) is 9.61. The Morgan fingerprint density at radius 1 is 0.750 bits per heavy atom. The number of benzene rings is 2. The molecule has 0 spiro atoms. The molecule has 0 radical (unpaired) electrons. The van der Waals surface area contributed by atoms with Crippen molar-refractivity contribution in [3.05, 3.63) is 71.3 Å². The molecule has 0 unspecified atom stereocenters. The highest BCUT2D eigenvalue weighted by Gasteiger charge is 2.17. The molecule has 0 bridgehead atoms. The van der Waals surface area contributed by atoms with E-state index in [0.717, 1.165) is 19.6 Å². The third-order valence-electron chi connectivity index (χ3n) is 3.16. The zero-order valence-electron chi connectivity index (χ0n) is 9.26. The van der Waals surface area contributed by atoms with Gasteiger partial charge in [-0.2, -0.15) is 0 Å². The van der Waals surface area contributed by atoms with Crippen LogP contribution >= 0.6 is 0 Å². The summed E-state index contributed by atoms with van der Waals surface area (Å²) in [6, 6.07) is 19.4. The van der Waals surface area contributed by atoms with Crippen molar-refractivity contribution in [2.24, 2.45) is 0 Å². The Kier molecular flexibility index (Phi) is 2.47. The Balaban J connectivity index is 1.73. The second-order valence-corrected chi connectivity index (χ2v) is 4.40. The van der Waals surface area contributed by atoms with Gasteiger partial charge < -0.3 is 0 Å². The quantitative estimate of drug-likeness (QED) is 0.734. The first-order chi connectivity index (χ1) is 7.92. The second-order valence-electron chi connectivity index (χ2n) is 4.40. The van der Waals surface area contributed by atoms with Crippen LogP contribution in [0.3, 0.4) is 0 Å². The first-order valence-corrected chi connectivity index (χ1v) is 5.75. The van der Waals surface area contributed by atoms with Crippen LogP contribution in [0.15, 0.2) is 54.6 Å². The van der Waals surface area contributed by atoms with Gasteiger partial charge in [-0.1, -0.05) is 54.6 Å². The molecule has 0 fully saturated rings. The van der Waals surface area contributed by atoms with Crippen molar-refractivity contribution in [3.8, 4) is 0 Å². The Bertz CT molecular complexity index is 451. The minimum absolute atomic E-state index is 1.05. The lowest BCUT2D eigenvalue weighted by molar-refractivity contribution is 0.275. The monoisotopic (exact) mass is 209 g/mol. The van der Waals surface area contributed by atoms with Gasteiger partial charge in [0.05, 0.1) is 0 Å². The van der Waals surface area contributed by atoms with Gasteiger partial charge in [0.15, 0.2) is 0 Å². The van der Waals surface area contributed by atoms with Crippen LogP contribution in [0.1, 0.15) is 16.7 Å². The van der Waals surface area contributed by atoms with E-state index in [2.05, 4.69) is 59.5 Å². The van der Waals surface area contributed by atoms with Crippen molar-refractivity contribution in [1.82, 2.24) is 4.90 Å². The number of hydrogen-bond donors (Lipinski definition) is 0. The highest BCUT2D eigenvalue weighted by Crippen LogP contribution is 2.23. The number of fused-ring (bicyclic) bond motifs is 1. The maximum absolute atomic E-state index is 2.49. The molecule has 0 atom stereocenters. The number of rotatable bonds is 2. The van der Waals surface area contributed by atoms with Crippen molar-refractivity contribution in [1.29, 1.82) is 0 Å². The van der Waals surface area contributed by atoms with Gasteiger partial charge in [0.1, 0.15) is 0 Å². The van der Waals surface area contributed by atoms with Crippen LogP contribution in [0.4, 0.5) is 0 Å². The number of hydrogen-bond acceptors (Lipinski definition) is 1. The minimum atomic E-state index is 1.05. The van der Waals surface area contributed by atoms with Gasteiger partial charge >= 0.3 is 0 Å². The van der Waals surface area contributed by atoms with E-state index in [-0.39, 0.29) is 0 Å². The van der Waals surface area contributed by atoms with Crippen molar-refractivity contribution in [2.45, 2.75) is 19.6 Å². The van der Waals surface area contributed by atoms with Gasteiger partial charge in [0, 0.05) is 19.6 Å². The zero-order valence-corrected chi connectivity index (χ0v) is 9.26. The molecule has 0 amide bonds. The topological polar surface area (TPSA) is 3.24 Å². The van der Waals surface area contributed by atoms with Crippen molar-refractivity contribution < 1.29 is 0 Å². The lowest BCUT2D eigenvalue weighted by Crippen LogP contribution is -2.15. The maximum atomic E-state index is 2.49. The standard InChI is InChI=1S/C15H15N/c1-2-6-13(7-3-1)10-16-11-14-8-4-5-9-15(14)12-16/h1-9H,10-12H2. The fourth-order valence-corrected chi connectivity index (χ4v) is 2.36. The van der Waals surface area contributed by atoms with E-state index < -0.39 is 0 Å². The summed E-state index contributed by atoms with van der Waals surface area (Å²) in [6.45, 7) is 3.23. The molecule has 0 N–H and O–H groups in total. The average molecular weight is 209 g/mol. The molecular weight excluding hydrogens is 194 g/mol. The van der Waals surface area contributed by atoms with E-state index in [0.29, 0.717) is 0 Å². The highest BCUT2D eigenvalue weighted by molar-refractivity contribution is 5.30. The second kappa shape index (κ2) is 4.11. The highest BCUT2D eigenvalue weighted by atomic mass is 15.1. The molecule has 3 rings (SSSR count). The van der Waals surface area contributed by atoms with Gasteiger partial charge in [0.25, 0.3) is 0 Å². The Morgan fingerprint density at radius 3 is 1.94 bits per heavy atom. The van der Waals surface area contributed by atoms with Crippen molar-refractivity contribution in [3.63, 3.8) is 0 Å². The van der Waals surface area contributed by atoms with Crippen LogP contribution in [0.5, 0.6) is 0 Å². The Morgan fingerprint density at radius 2 is 1.31 bits per heavy atom. The van der Waals surface area contributed by atoms with Crippen LogP contribution in [-0.2, 0) is 19.6 Å². The molecule has 0 aromatic heterocycles. The fourth-order valence-electron chi connectivity index (χ4n) is 2.36. The minimum Gasteiger partial charge on any atom is -0.291 e. The van der Waals surface area contributed by atoms with Crippen LogP contribution < -0.4 is 0 Å². The molecule has 0 saturated carbocycles. The summed E-state index contributed by atoms with van der Waals surface area (Å²) in [5.41, 5.74) is 4.37. The molecule has 0 saturated heterocycles. The first-order valence-electron chi connectivity index (χ1n) is 5.75. The van der Waals surface area contributed by atoms with E-state index in [9.17, 15) is 0 Å². The molecule has 2 aromatic carbocycles. The molecule has 2 aromatic rings. The summed E-state index contributed by atoms with van der Waals surface area (Å²) in [5.74, 6) is 0. The summed E-state index contributed by atoms with van der Waals surface area (Å²) >= 11 is 0. The third-order valence-corrected chi connectivity index (χ3v) is 3.16. The molecule has 1 heteroatoms. The molecule has 0 aliphatic carbocycles. The molecule has 1 heterocycles. The van der Waals surface area contributed by atoms with Crippen molar-refractivity contribution >= 4 is 0 Å². The van der Waals surface area contributed by atoms with Gasteiger partial charge in [0.2, 0.25) is 0 Å². The third kappa shape index (κ3) is 1.86. The fraction of sp³-hybridized carbons (Fsp3) is 0.200. The van der Waals surface area contributed by atoms with Crippen LogP contribution in [-0.4, -0.2) is 4.90 Å². The van der Waals surface area contributed by atoms with E-state index in [1.807, 2.05) is 0 Å². The summed E-state index contributed by atoms with van der Waals surface area (Å²) in [5, 5.41) is 0. The van der Waals surface area contributed by atoms with Gasteiger partial charge in [-0.3, -0.25) is 4.90 Å². The molecular formula is C15H15N. The van der Waals surface area contributed by atoms with Gasteiger partial charge in [-0.15, -0.1) is 0 Å². The molecule has 1 nitrogen and oxygen atoms in total. The van der Waals surface area contributed by atoms with Gasteiger partial charge in [-0.25, -0.2) is 0 Å². The van der Waals surface area contributed by atoms with E-state index >= 15 is 0 Å². The predicted molar refractivity (Wildman–Crippen MR) is 65.8 cm³/mol. The SMILES string of the molecule is c1ccc(CN2Cc3ccccc3C2)cc1. The zero-order chi connectivity index (χ0) is 10.8. The molecule has 16 heavy (non-hydrogen) atoms. The molecule has 1 aliphatic heterocycles. The Hall–Kier alpha value is -1.60. The van der Waals surface area contributed by atoms with Crippen LogP contribution in [0, 0.1) is 0 Å². The molecule has 1 aliphatic rings. The normalized spacial score (nSPS) is 15.0.